The maximum absolute atomic E-state index is 5.26. The SMILES string of the molecule is C/C=C/CCCCC.CCCCCC1OC1C. The predicted octanol–water partition coefficient (Wildman–Crippen LogP) is 5.50. The molecule has 0 aromatic heterocycles. The van der Waals surface area contributed by atoms with Crippen LogP contribution >= 0.6 is 0 Å². The van der Waals surface area contributed by atoms with Gasteiger partial charge < -0.3 is 4.74 Å². The minimum Gasteiger partial charge on any atom is -0.370 e. The molecule has 2 unspecified atom stereocenters. The van der Waals surface area contributed by atoms with Crippen LogP contribution in [-0.4, -0.2) is 12.2 Å². The first-order valence-electron chi connectivity index (χ1n) is 7.52. The Balaban J connectivity index is 0.000000304. The van der Waals surface area contributed by atoms with E-state index in [1.807, 2.05) is 0 Å². The van der Waals surface area contributed by atoms with Crippen LogP contribution in [0.15, 0.2) is 12.2 Å². The second-order valence-corrected chi connectivity index (χ2v) is 4.94. The number of hydrogen-bond donors (Lipinski definition) is 0. The Morgan fingerprint density at radius 1 is 1.00 bits per heavy atom. The van der Waals surface area contributed by atoms with Gasteiger partial charge in [0.25, 0.3) is 0 Å². The summed E-state index contributed by atoms with van der Waals surface area (Å²) in [6, 6.07) is 0. The molecule has 0 aromatic carbocycles. The van der Waals surface area contributed by atoms with Gasteiger partial charge in [0.15, 0.2) is 0 Å². The summed E-state index contributed by atoms with van der Waals surface area (Å²) in [7, 11) is 0. The summed E-state index contributed by atoms with van der Waals surface area (Å²) in [6.07, 6.45) is 16.2. The predicted molar refractivity (Wildman–Crippen MR) is 77.4 cm³/mol. The third-order valence-electron chi connectivity index (χ3n) is 3.14. The van der Waals surface area contributed by atoms with E-state index < -0.39 is 0 Å². The minimum atomic E-state index is 0.571. The Kier molecular flexibility index (Phi) is 12.0. The van der Waals surface area contributed by atoms with Crippen LogP contribution in [0.1, 0.15) is 79.1 Å². The summed E-state index contributed by atoms with van der Waals surface area (Å²) < 4.78 is 5.26. The Labute approximate surface area is 109 Å². The molecular weight excluding hydrogens is 208 g/mol. The first-order valence-corrected chi connectivity index (χ1v) is 7.52. The number of unbranched alkanes of at least 4 members (excludes halogenated alkanes) is 5. The molecule has 0 aliphatic carbocycles. The Bertz CT molecular complexity index is 174. The zero-order valence-electron chi connectivity index (χ0n) is 12.4. The van der Waals surface area contributed by atoms with Crippen molar-refractivity contribution in [1.29, 1.82) is 0 Å². The molecule has 102 valence electrons. The fraction of sp³-hybridized carbons (Fsp3) is 0.875. The van der Waals surface area contributed by atoms with Crippen molar-refractivity contribution in [3.8, 4) is 0 Å². The molecule has 0 bridgehead atoms. The highest BCUT2D eigenvalue weighted by atomic mass is 16.6. The first kappa shape index (κ1) is 16.7. The highest BCUT2D eigenvalue weighted by Gasteiger charge is 2.32. The summed E-state index contributed by atoms with van der Waals surface area (Å²) in [5, 5.41) is 0. The topological polar surface area (TPSA) is 12.5 Å². The fourth-order valence-electron chi connectivity index (χ4n) is 1.81. The quantitative estimate of drug-likeness (QED) is 0.310. The molecule has 1 heteroatoms. The molecule has 17 heavy (non-hydrogen) atoms. The molecule has 0 amide bonds. The summed E-state index contributed by atoms with van der Waals surface area (Å²) in [6.45, 7) is 8.69. The van der Waals surface area contributed by atoms with E-state index in [0.717, 1.165) is 0 Å². The first-order chi connectivity index (χ1) is 8.26. The summed E-state index contributed by atoms with van der Waals surface area (Å²) in [5.74, 6) is 0. The van der Waals surface area contributed by atoms with Gasteiger partial charge in [-0.1, -0.05) is 58.1 Å². The zero-order valence-corrected chi connectivity index (χ0v) is 12.4. The highest BCUT2D eigenvalue weighted by molar-refractivity contribution is 4.79. The van der Waals surface area contributed by atoms with E-state index in [-0.39, 0.29) is 0 Å². The second-order valence-electron chi connectivity index (χ2n) is 4.94. The molecule has 0 radical (unpaired) electrons. The molecule has 0 N–H and O–H groups in total. The van der Waals surface area contributed by atoms with Gasteiger partial charge in [-0.05, 0) is 33.1 Å². The highest BCUT2D eigenvalue weighted by Crippen LogP contribution is 2.26. The zero-order chi connectivity index (χ0) is 12.9. The molecule has 0 aromatic rings. The smallest absolute Gasteiger partial charge is 0.0839 e. The van der Waals surface area contributed by atoms with E-state index >= 15 is 0 Å². The average molecular weight is 240 g/mol. The van der Waals surface area contributed by atoms with Crippen LogP contribution in [0.25, 0.3) is 0 Å². The van der Waals surface area contributed by atoms with Gasteiger partial charge >= 0.3 is 0 Å². The summed E-state index contributed by atoms with van der Waals surface area (Å²) in [4.78, 5) is 0. The molecule has 1 heterocycles. The Morgan fingerprint density at radius 3 is 2.06 bits per heavy atom. The van der Waals surface area contributed by atoms with Gasteiger partial charge in [-0.15, -0.1) is 0 Å². The maximum Gasteiger partial charge on any atom is 0.0839 e. The molecule has 1 fully saturated rings. The second kappa shape index (κ2) is 12.2. The van der Waals surface area contributed by atoms with Crippen LogP contribution in [0.4, 0.5) is 0 Å². The maximum atomic E-state index is 5.26. The van der Waals surface area contributed by atoms with E-state index in [1.54, 1.807) is 0 Å². The van der Waals surface area contributed by atoms with Gasteiger partial charge in [-0.25, -0.2) is 0 Å². The molecule has 1 nitrogen and oxygen atoms in total. The van der Waals surface area contributed by atoms with Crippen molar-refractivity contribution in [1.82, 2.24) is 0 Å². The van der Waals surface area contributed by atoms with Crippen LogP contribution in [0.3, 0.4) is 0 Å². The van der Waals surface area contributed by atoms with E-state index in [1.165, 1.54) is 51.4 Å². The monoisotopic (exact) mass is 240 g/mol. The van der Waals surface area contributed by atoms with E-state index in [4.69, 9.17) is 4.74 Å². The normalized spacial score (nSPS) is 22.4. The third kappa shape index (κ3) is 12.0. The standard InChI is InChI=1S/C8H16O.C8H16/c1-3-4-5-6-8-7(2)9-8;1-3-5-7-8-6-4-2/h7-8H,3-6H2,1-2H3;3,5H,4,6-8H2,1-2H3/b;5-3+. The van der Waals surface area contributed by atoms with E-state index in [9.17, 15) is 0 Å². The van der Waals surface area contributed by atoms with Crippen molar-refractivity contribution in [2.45, 2.75) is 91.3 Å². The minimum absolute atomic E-state index is 0.571. The van der Waals surface area contributed by atoms with Crippen molar-refractivity contribution in [2.24, 2.45) is 0 Å². The lowest BCUT2D eigenvalue weighted by molar-refractivity contribution is 0.365. The molecule has 1 aliphatic heterocycles. The van der Waals surface area contributed by atoms with Crippen LogP contribution in [-0.2, 0) is 4.74 Å². The summed E-state index contributed by atoms with van der Waals surface area (Å²) >= 11 is 0. The third-order valence-corrected chi connectivity index (χ3v) is 3.14. The number of ether oxygens (including phenoxy) is 1. The molecule has 1 aliphatic rings. The summed E-state index contributed by atoms with van der Waals surface area (Å²) in [5.41, 5.74) is 0. The van der Waals surface area contributed by atoms with Crippen LogP contribution in [0, 0.1) is 0 Å². The number of allylic oxidation sites excluding steroid dienone is 2. The largest absolute Gasteiger partial charge is 0.370 e. The van der Waals surface area contributed by atoms with Gasteiger partial charge in [-0.3, -0.25) is 0 Å². The van der Waals surface area contributed by atoms with E-state index in [2.05, 4.69) is 39.8 Å². The van der Waals surface area contributed by atoms with Gasteiger partial charge in [-0.2, -0.15) is 0 Å². The molecule has 0 saturated carbocycles. The Hall–Kier alpha value is -0.300. The number of rotatable bonds is 8. The number of hydrogen-bond acceptors (Lipinski definition) is 1. The average Bonchev–Trinajstić information content (AvgIpc) is 3.02. The van der Waals surface area contributed by atoms with E-state index in [0.29, 0.717) is 12.2 Å². The molecular formula is C16H32O. The fourth-order valence-corrected chi connectivity index (χ4v) is 1.81. The van der Waals surface area contributed by atoms with Gasteiger partial charge in [0.2, 0.25) is 0 Å². The molecule has 0 spiro atoms. The van der Waals surface area contributed by atoms with Crippen LogP contribution in [0.2, 0.25) is 0 Å². The van der Waals surface area contributed by atoms with Crippen molar-refractivity contribution < 1.29 is 4.74 Å². The van der Waals surface area contributed by atoms with Crippen molar-refractivity contribution >= 4 is 0 Å². The molecule has 2 atom stereocenters. The Morgan fingerprint density at radius 2 is 1.59 bits per heavy atom. The van der Waals surface area contributed by atoms with Crippen molar-refractivity contribution in [2.75, 3.05) is 0 Å². The molecule has 1 saturated heterocycles. The van der Waals surface area contributed by atoms with Gasteiger partial charge in [0, 0.05) is 0 Å². The van der Waals surface area contributed by atoms with Crippen LogP contribution in [0.5, 0.6) is 0 Å². The van der Waals surface area contributed by atoms with Gasteiger partial charge in [0.1, 0.15) is 0 Å². The van der Waals surface area contributed by atoms with Crippen LogP contribution < -0.4 is 0 Å². The van der Waals surface area contributed by atoms with Crippen molar-refractivity contribution in [3.05, 3.63) is 12.2 Å². The lowest BCUT2D eigenvalue weighted by Crippen LogP contribution is -1.88. The lowest BCUT2D eigenvalue weighted by atomic mass is 10.1. The lowest BCUT2D eigenvalue weighted by Gasteiger charge is -1.91. The number of epoxide rings is 1. The molecule has 1 rings (SSSR count). The van der Waals surface area contributed by atoms with Gasteiger partial charge in [0.05, 0.1) is 12.2 Å². The van der Waals surface area contributed by atoms with Crippen molar-refractivity contribution in [3.63, 3.8) is 0 Å².